The molecule has 0 radical (unpaired) electrons. The highest BCUT2D eigenvalue weighted by atomic mass is 35.5. The van der Waals surface area contributed by atoms with E-state index in [1.807, 2.05) is 12.1 Å². The average Bonchev–Trinajstić information content (AvgIpc) is 2.50. The van der Waals surface area contributed by atoms with Gasteiger partial charge in [0.25, 0.3) is 5.91 Å². The number of nitrogen functional groups attached to an aromatic ring is 1. The zero-order valence-corrected chi connectivity index (χ0v) is 12.4. The Morgan fingerprint density at radius 3 is 2.86 bits per heavy atom. The molecule has 1 atom stereocenters. The monoisotopic (exact) mass is 300 g/mol. The van der Waals surface area contributed by atoms with Gasteiger partial charge in [0.2, 0.25) is 0 Å². The number of amides is 1. The Balaban J connectivity index is 1.85. The van der Waals surface area contributed by atoms with Gasteiger partial charge in [-0.15, -0.1) is 0 Å². The minimum atomic E-state index is -0.170. The van der Waals surface area contributed by atoms with Gasteiger partial charge in [0.05, 0.1) is 22.3 Å². The van der Waals surface area contributed by atoms with E-state index in [-0.39, 0.29) is 11.9 Å². The van der Waals surface area contributed by atoms with Crippen LogP contribution in [0.2, 0.25) is 5.02 Å². The van der Waals surface area contributed by atoms with Gasteiger partial charge in [-0.25, -0.2) is 0 Å². The molecule has 3 rings (SSSR count). The van der Waals surface area contributed by atoms with Crippen molar-refractivity contribution in [2.45, 2.75) is 25.3 Å². The number of anilines is 1. The number of nitrogens with one attached hydrogen (secondary N) is 1. The maximum Gasteiger partial charge on any atom is 0.253 e. The van der Waals surface area contributed by atoms with E-state index in [0.29, 0.717) is 16.3 Å². The van der Waals surface area contributed by atoms with Crippen LogP contribution >= 0.6 is 11.6 Å². The van der Waals surface area contributed by atoms with Crippen molar-refractivity contribution in [3.8, 4) is 0 Å². The standard InChI is InChI=1S/C17H17ClN2O/c18-14-9-4-8-13(16(14)19)17(21)20-15-10-3-6-11-5-1-2-7-12(11)15/h1-2,4-5,7-9,15H,3,6,10,19H2,(H,20,21). The van der Waals surface area contributed by atoms with Crippen molar-refractivity contribution in [1.29, 1.82) is 0 Å². The minimum Gasteiger partial charge on any atom is -0.397 e. The van der Waals surface area contributed by atoms with Crippen LogP contribution in [0.5, 0.6) is 0 Å². The molecule has 1 aliphatic rings. The molecule has 0 saturated carbocycles. The molecule has 1 aliphatic carbocycles. The molecule has 108 valence electrons. The largest absolute Gasteiger partial charge is 0.397 e. The second kappa shape index (κ2) is 5.78. The molecule has 0 aliphatic heterocycles. The van der Waals surface area contributed by atoms with Gasteiger partial charge in [-0.3, -0.25) is 4.79 Å². The lowest BCUT2D eigenvalue weighted by atomic mass is 9.87. The molecule has 3 nitrogen and oxygen atoms in total. The zero-order valence-electron chi connectivity index (χ0n) is 11.6. The Morgan fingerprint density at radius 2 is 2.00 bits per heavy atom. The van der Waals surface area contributed by atoms with Crippen molar-refractivity contribution in [2.24, 2.45) is 0 Å². The summed E-state index contributed by atoms with van der Waals surface area (Å²) in [5, 5.41) is 3.49. The van der Waals surface area contributed by atoms with Crippen molar-refractivity contribution < 1.29 is 4.79 Å². The van der Waals surface area contributed by atoms with Crippen LogP contribution < -0.4 is 11.1 Å². The number of halogens is 1. The lowest BCUT2D eigenvalue weighted by molar-refractivity contribution is 0.0933. The first-order valence-electron chi connectivity index (χ1n) is 7.09. The van der Waals surface area contributed by atoms with E-state index in [1.165, 1.54) is 11.1 Å². The van der Waals surface area contributed by atoms with Crippen LogP contribution in [0.25, 0.3) is 0 Å². The van der Waals surface area contributed by atoms with Gasteiger partial charge in [-0.05, 0) is 42.5 Å². The molecule has 1 amide bonds. The van der Waals surface area contributed by atoms with Gasteiger partial charge in [0.15, 0.2) is 0 Å². The van der Waals surface area contributed by atoms with E-state index < -0.39 is 0 Å². The van der Waals surface area contributed by atoms with Gasteiger partial charge < -0.3 is 11.1 Å². The summed E-state index contributed by atoms with van der Waals surface area (Å²) in [6, 6.07) is 13.4. The number of rotatable bonds is 2. The number of benzene rings is 2. The Labute approximate surface area is 129 Å². The third kappa shape index (κ3) is 2.74. The summed E-state index contributed by atoms with van der Waals surface area (Å²) in [7, 11) is 0. The molecule has 2 aromatic rings. The number of hydrogen-bond donors (Lipinski definition) is 2. The highest BCUT2D eigenvalue weighted by molar-refractivity contribution is 6.33. The topological polar surface area (TPSA) is 55.1 Å². The fraction of sp³-hybridized carbons (Fsp3) is 0.235. The van der Waals surface area contributed by atoms with Crippen molar-refractivity contribution in [3.63, 3.8) is 0 Å². The maximum atomic E-state index is 12.4. The maximum absolute atomic E-state index is 12.4. The lowest BCUT2D eigenvalue weighted by Gasteiger charge is -2.26. The lowest BCUT2D eigenvalue weighted by Crippen LogP contribution is -2.31. The van der Waals surface area contributed by atoms with Crippen LogP contribution in [0.4, 0.5) is 5.69 Å². The molecule has 0 bridgehead atoms. The van der Waals surface area contributed by atoms with Gasteiger partial charge in [0.1, 0.15) is 0 Å². The molecule has 1 unspecified atom stereocenters. The summed E-state index contributed by atoms with van der Waals surface area (Å²) in [6.07, 6.45) is 3.10. The highest BCUT2D eigenvalue weighted by Gasteiger charge is 2.22. The summed E-state index contributed by atoms with van der Waals surface area (Å²) >= 11 is 5.98. The Hall–Kier alpha value is -2.00. The summed E-state index contributed by atoms with van der Waals surface area (Å²) in [4.78, 5) is 12.4. The smallest absolute Gasteiger partial charge is 0.253 e. The predicted molar refractivity (Wildman–Crippen MR) is 85.5 cm³/mol. The fourth-order valence-corrected chi connectivity index (χ4v) is 3.05. The molecular weight excluding hydrogens is 284 g/mol. The molecule has 4 heteroatoms. The second-order valence-electron chi connectivity index (χ2n) is 5.32. The Morgan fingerprint density at radius 1 is 1.19 bits per heavy atom. The number of nitrogens with two attached hydrogens (primary N) is 1. The minimum absolute atomic E-state index is 0.0424. The summed E-state index contributed by atoms with van der Waals surface area (Å²) in [6.45, 7) is 0. The van der Waals surface area contributed by atoms with E-state index in [0.717, 1.165) is 19.3 Å². The van der Waals surface area contributed by atoms with Crippen molar-refractivity contribution >= 4 is 23.2 Å². The normalized spacial score (nSPS) is 17.1. The number of carbonyl (C=O) groups is 1. The summed E-state index contributed by atoms with van der Waals surface area (Å²) in [5.74, 6) is -0.170. The Bertz CT molecular complexity index is 684. The van der Waals surface area contributed by atoms with Crippen LogP contribution in [0.3, 0.4) is 0 Å². The van der Waals surface area contributed by atoms with E-state index >= 15 is 0 Å². The zero-order chi connectivity index (χ0) is 14.8. The third-order valence-electron chi connectivity index (χ3n) is 3.97. The molecule has 0 fully saturated rings. The average molecular weight is 301 g/mol. The molecule has 0 saturated heterocycles. The first-order chi connectivity index (χ1) is 10.2. The first-order valence-corrected chi connectivity index (χ1v) is 7.47. The van der Waals surface area contributed by atoms with E-state index in [1.54, 1.807) is 18.2 Å². The van der Waals surface area contributed by atoms with Crippen molar-refractivity contribution in [1.82, 2.24) is 5.32 Å². The predicted octanol–water partition coefficient (Wildman–Crippen LogP) is 3.73. The van der Waals surface area contributed by atoms with Crippen LogP contribution in [0.15, 0.2) is 42.5 Å². The number of aryl methyl sites for hydroxylation is 1. The van der Waals surface area contributed by atoms with Gasteiger partial charge in [-0.2, -0.15) is 0 Å². The highest BCUT2D eigenvalue weighted by Crippen LogP contribution is 2.30. The van der Waals surface area contributed by atoms with E-state index in [9.17, 15) is 4.79 Å². The molecule has 21 heavy (non-hydrogen) atoms. The number of fused-ring (bicyclic) bond motifs is 1. The molecule has 3 N–H and O–H groups in total. The molecular formula is C17H17ClN2O. The van der Waals surface area contributed by atoms with Gasteiger partial charge in [-0.1, -0.05) is 41.9 Å². The van der Waals surface area contributed by atoms with Crippen molar-refractivity contribution in [3.05, 3.63) is 64.2 Å². The SMILES string of the molecule is Nc1c(Cl)cccc1C(=O)NC1CCCc2ccccc21. The van der Waals surface area contributed by atoms with Gasteiger partial charge >= 0.3 is 0 Å². The van der Waals surface area contributed by atoms with Crippen LogP contribution in [0.1, 0.15) is 40.4 Å². The molecule has 2 aromatic carbocycles. The van der Waals surface area contributed by atoms with Crippen LogP contribution in [0, 0.1) is 0 Å². The Kier molecular flexibility index (Phi) is 3.84. The first kappa shape index (κ1) is 14.0. The second-order valence-corrected chi connectivity index (χ2v) is 5.73. The van der Waals surface area contributed by atoms with Crippen molar-refractivity contribution in [2.75, 3.05) is 5.73 Å². The number of carbonyl (C=O) groups excluding carboxylic acids is 1. The summed E-state index contributed by atoms with van der Waals surface area (Å²) in [5.41, 5.74) is 9.18. The summed E-state index contributed by atoms with van der Waals surface area (Å²) < 4.78 is 0. The number of hydrogen-bond acceptors (Lipinski definition) is 2. The molecule has 0 spiro atoms. The van der Waals surface area contributed by atoms with Crippen LogP contribution in [-0.4, -0.2) is 5.91 Å². The van der Waals surface area contributed by atoms with Gasteiger partial charge in [0, 0.05) is 0 Å². The molecule has 0 heterocycles. The quantitative estimate of drug-likeness (QED) is 0.830. The van der Waals surface area contributed by atoms with E-state index in [2.05, 4.69) is 17.4 Å². The fourth-order valence-electron chi connectivity index (χ4n) is 2.87. The third-order valence-corrected chi connectivity index (χ3v) is 4.30. The van der Waals surface area contributed by atoms with E-state index in [4.69, 9.17) is 17.3 Å². The molecule has 0 aromatic heterocycles. The number of para-hydroxylation sites is 1. The van der Waals surface area contributed by atoms with Crippen LogP contribution in [-0.2, 0) is 6.42 Å².